The van der Waals surface area contributed by atoms with E-state index in [1.807, 2.05) is 6.07 Å². The molecule has 7 nitrogen and oxygen atoms in total. The van der Waals surface area contributed by atoms with E-state index >= 15 is 0 Å². The highest BCUT2D eigenvalue weighted by molar-refractivity contribution is 5.89. The van der Waals surface area contributed by atoms with Crippen LogP contribution in [0.3, 0.4) is 0 Å². The number of benzene rings is 1. The van der Waals surface area contributed by atoms with Crippen LogP contribution in [0.15, 0.2) is 47.6 Å². The fraction of sp³-hybridized carbons (Fsp3) is 0.586. The first-order valence-electron chi connectivity index (χ1n) is 12.9. The highest BCUT2D eigenvalue weighted by atomic mass is 16.7. The van der Waals surface area contributed by atoms with Crippen LogP contribution in [-0.2, 0) is 30.3 Å². The zero-order chi connectivity index (χ0) is 25.3. The van der Waals surface area contributed by atoms with Gasteiger partial charge in [-0.3, -0.25) is 4.79 Å². The van der Waals surface area contributed by atoms with Gasteiger partial charge in [0.2, 0.25) is 0 Å². The van der Waals surface area contributed by atoms with E-state index in [-0.39, 0.29) is 42.4 Å². The highest BCUT2D eigenvalue weighted by Gasteiger charge is 2.78. The quantitative estimate of drug-likeness (QED) is 0.442. The summed E-state index contributed by atoms with van der Waals surface area (Å²) in [6, 6.07) is 6.86. The first kappa shape index (κ1) is 24.0. The largest absolute Gasteiger partial charge is 0.478 e. The van der Waals surface area contributed by atoms with E-state index in [0.29, 0.717) is 24.3 Å². The second-order valence-electron chi connectivity index (χ2n) is 11.3. The molecular weight excluding hydrogens is 460 g/mol. The van der Waals surface area contributed by atoms with Gasteiger partial charge in [0.15, 0.2) is 5.78 Å². The Morgan fingerprint density at radius 1 is 1.25 bits per heavy atom. The van der Waals surface area contributed by atoms with Crippen molar-refractivity contribution in [1.29, 1.82) is 0 Å². The normalized spacial score (nSPS) is 40.4. The van der Waals surface area contributed by atoms with Crippen LogP contribution in [-0.4, -0.2) is 54.7 Å². The third-order valence-electron chi connectivity index (χ3n) is 10.1. The molecule has 1 heterocycles. The molecule has 0 radical (unpaired) electrons. The number of hydrogen-bond acceptors (Lipinski definition) is 6. The average molecular weight is 495 g/mol. The van der Waals surface area contributed by atoms with E-state index in [9.17, 15) is 14.7 Å². The molecule has 36 heavy (non-hydrogen) atoms. The Labute approximate surface area is 211 Å². The van der Waals surface area contributed by atoms with Gasteiger partial charge in [0.05, 0.1) is 23.2 Å². The molecule has 4 unspecified atom stereocenters. The van der Waals surface area contributed by atoms with Crippen LogP contribution < -0.4 is 0 Å². The molecule has 7 atom stereocenters. The lowest BCUT2D eigenvalue weighted by molar-refractivity contribution is -0.291. The summed E-state index contributed by atoms with van der Waals surface area (Å²) in [5.74, 6) is -0.428. The van der Waals surface area contributed by atoms with Crippen LogP contribution in [0.1, 0.15) is 61.9 Å². The molecule has 1 saturated heterocycles. The third kappa shape index (κ3) is 2.94. The number of hydrogen-bond donors (Lipinski definition) is 1. The Morgan fingerprint density at radius 2 is 2.06 bits per heavy atom. The molecule has 5 aliphatic rings. The molecule has 1 aliphatic heterocycles. The number of carboxylic acids is 1. The summed E-state index contributed by atoms with van der Waals surface area (Å²) in [5, 5.41) is 9.51. The van der Waals surface area contributed by atoms with Gasteiger partial charge in [-0.05, 0) is 54.4 Å². The van der Waals surface area contributed by atoms with Crippen LogP contribution in [0.5, 0.6) is 0 Å². The highest BCUT2D eigenvalue weighted by Crippen LogP contribution is 2.74. The predicted molar refractivity (Wildman–Crippen MR) is 130 cm³/mol. The molecule has 7 heteroatoms. The van der Waals surface area contributed by atoms with Crippen LogP contribution in [0.2, 0.25) is 0 Å². The van der Waals surface area contributed by atoms with Gasteiger partial charge in [-0.25, -0.2) is 4.79 Å². The van der Waals surface area contributed by atoms with Gasteiger partial charge in [0.1, 0.15) is 25.1 Å². The number of carbonyl (C=O) groups is 2. The fourth-order valence-corrected chi connectivity index (χ4v) is 8.28. The maximum absolute atomic E-state index is 13.4. The van der Waals surface area contributed by atoms with Crippen LogP contribution >= 0.6 is 0 Å². The topological polar surface area (TPSA) is 91.3 Å². The van der Waals surface area contributed by atoms with E-state index in [1.165, 1.54) is 11.1 Å². The minimum absolute atomic E-state index is 0.0236. The molecule has 1 aromatic rings. The van der Waals surface area contributed by atoms with Crippen molar-refractivity contribution in [1.82, 2.24) is 0 Å². The summed E-state index contributed by atoms with van der Waals surface area (Å²) < 4.78 is 25.2. The fourth-order valence-electron chi connectivity index (χ4n) is 8.28. The Balaban J connectivity index is 1.37. The van der Waals surface area contributed by atoms with Crippen molar-refractivity contribution >= 4 is 11.8 Å². The molecule has 1 aromatic carbocycles. The maximum Gasteiger partial charge on any atom is 0.336 e. The third-order valence-corrected chi connectivity index (χ3v) is 10.1. The molecular formula is C29H34O7. The second-order valence-corrected chi connectivity index (χ2v) is 11.3. The van der Waals surface area contributed by atoms with Gasteiger partial charge in [-0.1, -0.05) is 44.2 Å². The molecule has 0 aromatic heterocycles. The van der Waals surface area contributed by atoms with E-state index in [4.69, 9.17) is 18.9 Å². The first-order chi connectivity index (χ1) is 17.3. The number of Topliss-reactive ketones (excluding diaryl/α,β-unsaturated/α-hetero) is 1. The van der Waals surface area contributed by atoms with Crippen molar-refractivity contribution in [2.24, 2.45) is 16.7 Å². The number of ketones is 1. The second kappa shape index (κ2) is 8.35. The van der Waals surface area contributed by atoms with Gasteiger partial charge in [-0.15, -0.1) is 0 Å². The molecule has 0 amide bonds. The van der Waals surface area contributed by atoms with Crippen molar-refractivity contribution < 1.29 is 33.6 Å². The number of allylic oxidation sites excluding steroid dienone is 2. The number of rotatable bonds is 7. The minimum Gasteiger partial charge on any atom is -0.478 e. The Hall–Kier alpha value is -2.32. The van der Waals surface area contributed by atoms with Crippen molar-refractivity contribution in [3.05, 3.63) is 58.7 Å². The summed E-state index contributed by atoms with van der Waals surface area (Å²) >= 11 is 0. The van der Waals surface area contributed by atoms with Crippen molar-refractivity contribution in [2.75, 3.05) is 13.9 Å². The zero-order valence-electron chi connectivity index (χ0n) is 21.1. The van der Waals surface area contributed by atoms with Crippen molar-refractivity contribution in [3.8, 4) is 0 Å². The van der Waals surface area contributed by atoms with Gasteiger partial charge in [0.25, 0.3) is 0 Å². The minimum atomic E-state index is -0.976. The van der Waals surface area contributed by atoms with Gasteiger partial charge in [-0.2, -0.15) is 0 Å². The first-order valence-corrected chi connectivity index (χ1v) is 12.9. The lowest BCUT2D eigenvalue weighted by Gasteiger charge is -2.69. The molecule has 3 fully saturated rings. The Morgan fingerprint density at radius 3 is 2.83 bits per heavy atom. The zero-order valence-corrected chi connectivity index (χ0v) is 21.1. The molecule has 1 spiro atoms. The smallest absolute Gasteiger partial charge is 0.336 e. The Kier molecular flexibility index (Phi) is 5.58. The number of ether oxygens (including phenoxy) is 4. The van der Waals surface area contributed by atoms with Gasteiger partial charge < -0.3 is 24.1 Å². The average Bonchev–Trinajstić information content (AvgIpc) is 3.23. The van der Waals surface area contributed by atoms with E-state index in [2.05, 4.69) is 26.0 Å². The lowest BCUT2D eigenvalue weighted by atomic mass is 9.38. The summed E-state index contributed by atoms with van der Waals surface area (Å²) in [5.41, 5.74) is 1.97. The van der Waals surface area contributed by atoms with Crippen molar-refractivity contribution in [2.45, 2.75) is 76.5 Å². The van der Waals surface area contributed by atoms with E-state index in [0.717, 1.165) is 19.3 Å². The van der Waals surface area contributed by atoms with Gasteiger partial charge >= 0.3 is 5.97 Å². The summed E-state index contributed by atoms with van der Waals surface area (Å²) in [6.45, 7) is 4.78. The van der Waals surface area contributed by atoms with Gasteiger partial charge in [0, 0.05) is 18.9 Å². The molecule has 4 aliphatic carbocycles. The number of carboxylic acid groups (broad SMARTS) is 1. The Bertz CT molecular complexity index is 1170. The molecule has 6 rings (SSSR count). The van der Waals surface area contributed by atoms with Crippen LogP contribution in [0.25, 0.3) is 0 Å². The van der Waals surface area contributed by atoms with E-state index < -0.39 is 23.1 Å². The molecule has 2 saturated carbocycles. The number of carbonyl (C=O) groups excluding carboxylic acids is 1. The lowest BCUT2D eigenvalue weighted by Crippen LogP contribution is -2.73. The summed E-state index contributed by atoms with van der Waals surface area (Å²) in [4.78, 5) is 25.0. The number of methoxy groups -OCH3 is 1. The predicted octanol–water partition coefficient (Wildman–Crippen LogP) is 4.45. The molecule has 1 N–H and O–H groups in total. The van der Waals surface area contributed by atoms with E-state index in [1.54, 1.807) is 25.3 Å². The van der Waals surface area contributed by atoms with Crippen LogP contribution in [0, 0.1) is 16.7 Å². The van der Waals surface area contributed by atoms with Crippen LogP contribution in [0.4, 0.5) is 0 Å². The number of aromatic carboxylic acids is 1. The SMILES string of the molecule is COC1C=CC2=C3C1O[C@H]1C(=O)CC[C@@]4(OCOCc5ccccc5C(=O)O)C(C)(C2)C(C)CC[C@]314. The molecule has 192 valence electrons. The monoisotopic (exact) mass is 494 g/mol. The standard InChI is InChI=1S/C29H34O7/c1-17-10-12-28-23-18-8-9-22(33-3)24(23)36-25(28)21(30)11-13-29(28,27(17,2)14-18)35-16-34-15-19-6-4-5-7-20(19)26(31)32/h4-9,17,22,24-25H,10-16H2,1-3H3,(H,31,32)/t17?,22?,24?,25-,27?,28-,29+/m0/s1. The van der Waals surface area contributed by atoms with Crippen molar-refractivity contribution in [3.63, 3.8) is 0 Å². The maximum atomic E-state index is 13.4. The molecule has 2 bridgehead atoms. The summed E-state index contributed by atoms with van der Waals surface area (Å²) in [7, 11) is 1.69. The summed E-state index contributed by atoms with van der Waals surface area (Å²) in [6.07, 6.45) is 6.97.